The number of hydrogen-bond acceptors (Lipinski definition) is 6. The largest absolute Gasteiger partial charge is 0.490 e. The third-order valence-corrected chi connectivity index (χ3v) is 5.45. The van der Waals surface area contributed by atoms with E-state index in [-0.39, 0.29) is 0 Å². The van der Waals surface area contributed by atoms with E-state index in [1.165, 1.54) is 6.21 Å². The van der Waals surface area contributed by atoms with Crippen molar-refractivity contribution in [2.75, 3.05) is 6.61 Å². The Morgan fingerprint density at radius 2 is 1.79 bits per heavy atom. The topological polar surface area (TPSA) is 66.4 Å². The van der Waals surface area contributed by atoms with Gasteiger partial charge in [-0.3, -0.25) is 0 Å². The fraction of sp³-hybridized carbons (Fsp3) is 0.259. The van der Waals surface area contributed by atoms with Crippen LogP contribution in [0.3, 0.4) is 0 Å². The number of ether oxygens (including phenoxy) is 3. The van der Waals surface area contributed by atoms with E-state index in [1.807, 2.05) is 51.1 Å². The number of benzene rings is 3. The summed E-state index contributed by atoms with van der Waals surface area (Å²) in [5, 5.41) is 4.43. The van der Waals surface area contributed by atoms with Crippen LogP contribution in [0.2, 0.25) is 5.02 Å². The predicted molar refractivity (Wildman–Crippen MR) is 133 cm³/mol. The first-order valence-corrected chi connectivity index (χ1v) is 11.4. The molecule has 0 aliphatic carbocycles. The Kier molecular flexibility index (Phi) is 8.93. The van der Waals surface area contributed by atoms with Crippen molar-refractivity contribution in [1.29, 1.82) is 0 Å². The highest BCUT2D eigenvalue weighted by molar-refractivity contribution is 6.31. The highest BCUT2D eigenvalue weighted by Crippen LogP contribution is 2.29. The van der Waals surface area contributed by atoms with Crippen molar-refractivity contribution in [1.82, 2.24) is 0 Å². The van der Waals surface area contributed by atoms with Gasteiger partial charge in [-0.2, -0.15) is 0 Å². The second kappa shape index (κ2) is 12.1. The first-order chi connectivity index (χ1) is 16.4. The molecule has 0 amide bonds. The molecule has 1 atom stereocenters. The third-order valence-electron chi connectivity index (χ3n) is 5.03. The monoisotopic (exact) mass is 481 g/mol. The molecular weight excluding hydrogens is 454 g/mol. The Morgan fingerprint density at radius 3 is 2.53 bits per heavy atom. The molecule has 3 rings (SSSR count). The maximum Gasteiger partial charge on any atom is 0.374 e. The van der Waals surface area contributed by atoms with Crippen molar-refractivity contribution in [2.45, 2.75) is 40.4 Å². The minimum atomic E-state index is -0.839. The van der Waals surface area contributed by atoms with Gasteiger partial charge in [-0.15, -0.1) is 0 Å². The Morgan fingerprint density at radius 1 is 1.00 bits per heavy atom. The van der Waals surface area contributed by atoms with E-state index >= 15 is 0 Å². The summed E-state index contributed by atoms with van der Waals surface area (Å²) in [6.07, 6.45) is 0.596. The summed E-state index contributed by atoms with van der Waals surface area (Å²) < 4.78 is 17.3. The highest BCUT2D eigenvalue weighted by atomic mass is 35.5. The lowest BCUT2D eigenvalue weighted by molar-refractivity contribution is -0.151. The van der Waals surface area contributed by atoms with Gasteiger partial charge in [-0.25, -0.2) is 4.79 Å². The fourth-order valence-electron chi connectivity index (χ4n) is 3.08. The van der Waals surface area contributed by atoms with E-state index < -0.39 is 12.1 Å². The van der Waals surface area contributed by atoms with E-state index in [0.29, 0.717) is 41.0 Å². The number of carbonyl (C=O) groups is 1. The van der Waals surface area contributed by atoms with Gasteiger partial charge in [0.2, 0.25) is 0 Å². The van der Waals surface area contributed by atoms with Crippen LogP contribution in [-0.4, -0.2) is 24.9 Å². The molecule has 0 aliphatic heterocycles. The normalized spacial score (nSPS) is 11.8. The lowest BCUT2D eigenvalue weighted by Crippen LogP contribution is -2.24. The van der Waals surface area contributed by atoms with Crippen molar-refractivity contribution in [2.24, 2.45) is 5.16 Å². The average molecular weight is 482 g/mol. The number of oxime groups is 1. The van der Waals surface area contributed by atoms with Crippen LogP contribution in [-0.2, 0) is 16.2 Å². The Bertz CT molecular complexity index is 1160. The van der Waals surface area contributed by atoms with Crippen molar-refractivity contribution in [3.05, 3.63) is 87.9 Å². The molecular formula is C27H28ClNO5. The van der Waals surface area contributed by atoms with Gasteiger partial charge in [0, 0.05) is 10.6 Å². The minimum Gasteiger partial charge on any atom is -0.490 e. The molecule has 6 nitrogen and oxygen atoms in total. The maximum absolute atomic E-state index is 12.2. The molecule has 7 heteroatoms. The van der Waals surface area contributed by atoms with Crippen LogP contribution in [0.15, 0.2) is 65.8 Å². The van der Waals surface area contributed by atoms with E-state index in [4.69, 9.17) is 30.6 Å². The van der Waals surface area contributed by atoms with Crippen molar-refractivity contribution < 1.29 is 23.8 Å². The number of halogens is 1. The molecule has 0 fully saturated rings. The van der Waals surface area contributed by atoms with Crippen LogP contribution < -0.4 is 14.2 Å². The summed E-state index contributed by atoms with van der Waals surface area (Å²) >= 11 is 6.02. The minimum absolute atomic E-state index is 0.433. The summed E-state index contributed by atoms with van der Waals surface area (Å²) in [7, 11) is 0. The number of rotatable bonds is 10. The highest BCUT2D eigenvalue weighted by Gasteiger charge is 2.17. The van der Waals surface area contributed by atoms with E-state index in [1.54, 1.807) is 37.3 Å². The summed E-state index contributed by atoms with van der Waals surface area (Å²) in [5.74, 6) is 1.12. The lowest BCUT2D eigenvalue weighted by Gasteiger charge is -2.14. The summed E-state index contributed by atoms with van der Waals surface area (Å²) in [4.78, 5) is 17.2. The first-order valence-electron chi connectivity index (χ1n) is 11.0. The van der Waals surface area contributed by atoms with Gasteiger partial charge >= 0.3 is 5.97 Å². The standard InChI is InChI=1S/C27H28ClNO5/c1-5-31-26-15-21(10-13-25(26)32-17-22-9-7-6-8-18(22)2)16-29-34-27(30)20(4)33-23-11-12-24(28)19(3)14-23/h6-16,20H,5,17H2,1-4H3/b29-16-/t20-/m1/s1. The maximum atomic E-state index is 12.2. The van der Waals surface area contributed by atoms with E-state index in [2.05, 4.69) is 5.16 Å². The Labute approximate surface area is 205 Å². The van der Waals surface area contributed by atoms with Crippen LogP contribution in [0.5, 0.6) is 17.2 Å². The number of aryl methyl sites for hydroxylation is 2. The molecule has 0 saturated carbocycles. The van der Waals surface area contributed by atoms with Crippen LogP contribution in [0.25, 0.3) is 0 Å². The molecule has 3 aromatic rings. The zero-order valence-electron chi connectivity index (χ0n) is 19.7. The van der Waals surface area contributed by atoms with Gasteiger partial charge in [0.25, 0.3) is 0 Å². The predicted octanol–water partition coefficient (Wildman–Crippen LogP) is 6.28. The summed E-state index contributed by atoms with van der Waals surface area (Å²) in [5.41, 5.74) is 3.82. The number of carbonyl (C=O) groups excluding carboxylic acids is 1. The van der Waals surface area contributed by atoms with E-state index in [0.717, 1.165) is 16.7 Å². The molecule has 0 bridgehead atoms. The van der Waals surface area contributed by atoms with Gasteiger partial charge in [-0.1, -0.05) is 41.0 Å². The molecule has 0 spiro atoms. The second-order valence-corrected chi connectivity index (χ2v) is 8.08. The molecule has 3 aromatic carbocycles. The van der Waals surface area contributed by atoms with Crippen molar-refractivity contribution in [3.63, 3.8) is 0 Å². The summed E-state index contributed by atoms with van der Waals surface area (Å²) in [6, 6.07) is 18.6. The van der Waals surface area contributed by atoms with Crippen LogP contribution in [0.4, 0.5) is 0 Å². The van der Waals surface area contributed by atoms with Crippen LogP contribution in [0, 0.1) is 13.8 Å². The molecule has 0 aliphatic rings. The Hall–Kier alpha value is -3.51. The fourth-order valence-corrected chi connectivity index (χ4v) is 3.19. The molecule has 178 valence electrons. The lowest BCUT2D eigenvalue weighted by atomic mass is 10.1. The van der Waals surface area contributed by atoms with E-state index in [9.17, 15) is 4.79 Å². The zero-order chi connectivity index (χ0) is 24.5. The quantitative estimate of drug-likeness (QED) is 0.194. The van der Waals surface area contributed by atoms with Crippen molar-refractivity contribution in [3.8, 4) is 17.2 Å². The first kappa shape index (κ1) is 25.1. The SMILES string of the molecule is CCOc1cc(/C=N\OC(=O)[C@@H](C)Oc2ccc(Cl)c(C)c2)ccc1OCc1ccccc1C. The summed E-state index contributed by atoms with van der Waals surface area (Å²) in [6.45, 7) is 8.31. The van der Waals surface area contributed by atoms with Gasteiger partial charge in [0.1, 0.15) is 12.4 Å². The molecule has 0 radical (unpaired) electrons. The van der Waals surface area contributed by atoms with Crippen LogP contribution >= 0.6 is 11.6 Å². The van der Waals surface area contributed by atoms with Gasteiger partial charge in [0.15, 0.2) is 17.6 Å². The van der Waals surface area contributed by atoms with Gasteiger partial charge in [0.05, 0.1) is 12.8 Å². The second-order valence-electron chi connectivity index (χ2n) is 7.67. The van der Waals surface area contributed by atoms with Gasteiger partial charge in [-0.05, 0) is 80.8 Å². The smallest absolute Gasteiger partial charge is 0.374 e. The molecule has 0 saturated heterocycles. The van der Waals surface area contributed by atoms with Crippen molar-refractivity contribution >= 4 is 23.8 Å². The number of nitrogens with zero attached hydrogens (tertiary/aromatic N) is 1. The molecule has 0 heterocycles. The molecule has 0 N–H and O–H groups in total. The third kappa shape index (κ3) is 6.99. The van der Waals surface area contributed by atoms with Crippen LogP contribution in [0.1, 0.15) is 36.1 Å². The average Bonchev–Trinajstić information content (AvgIpc) is 2.82. The Balaban J connectivity index is 1.59. The zero-order valence-corrected chi connectivity index (χ0v) is 20.5. The number of hydrogen-bond donors (Lipinski definition) is 0. The van der Waals surface area contributed by atoms with Gasteiger partial charge < -0.3 is 19.0 Å². The molecule has 34 heavy (non-hydrogen) atoms. The molecule has 0 unspecified atom stereocenters. The molecule has 0 aromatic heterocycles.